The smallest absolute Gasteiger partial charge is 0.171 e. The van der Waals surface area contributed by atoms with Crippen molar-refractivity contribution in [3.05, 3.63) is 64.7 Å². The summed E-state index contributed by atoms with van der Waals surface area (Å²) in [6, 6.07) is 10.3. The molecule has 0 spiro atoms. The Balaban J connectivity index is 1.60. The number of piperazine rings is 1. The lowest BCUT2D eigenvalue weighted by Crippen LogP contribution is -2.47. The van der Waals surface area contributed by atoms with E-state index >= 15 is 0 Å². The second-order valence-corrected chi connectivity index (χ2v) is 7.34. The van der Waals surface area contributed by atoms with Gasteiger partial charge in [0.25, 0.3) is 0 Å². The van der Waals surface area contributed by atoms with E-state index in [4.69, 9.17) is 22.3 Å². The number of aliphatic imine (C=N–C) groups is 1. The number of rotatable bonds is 6. The van der Waals surface area contributed by atoms with Crippen molar-refractivity contribution in [2.45, 2.75) is 20.4 Å². The second kappa shape index (κ2) is 9.66. The average molecular weight is 399 g/mol. The standard InChI is InChI=1S/C21H27ClN6/c1-16(23)19(17(2)26-14-18-6-4-3-5-7-18)15-27-10-12-28(13-11-27)21-20(22)24-8-9-25-21/h3-9H,10-15,23H2,1-2H3. The van der Waals surface area contributed by atoms with Gasteiger partial charge in [-0.05, 0) is 19.4 Å². The number of hydrogen-bond acceptors (Lipinski definition) is 6. The van der Waals surface area contributed by atoms with E-state index in [9.17, 15) is 0 Å². The summed E-state index contributed by atoms with van der Waals surface area (Å²) in [5, 5.41) is 0.457. The van der Waals surface area contributed by atoms with E-state index in [2.05, 4.69) is 31.9 Å². The Hall–Kier alpha value is -2.44. The highest BCUT2D eigenvalue weighted by Gasteiger charge is 2.21. The van der Waals surface area contributed by atoms with E-state index in [1.54, 1.807) is 12.4 Å². The normalized spacial score (nSPS) is 16.8. The van der Waals surface area contributed by atoms with Crippen LogP contribution < -0.4 is 10.6 Å². The molecule has 2 aromatic rings. The first-order valence-corrected chi connectivity index (χ1v) is 9.86. The molecular formula is C21H27ClN6. The summed E-state index contributed by atoms with van der Waals surface area (Å²) in [7, 11) is 0. The van der Waals surface area contributed by atoms with Crippen LogP contribution in [0.15, 0.2) is 59.0 Å². The lowest BCUT2D eigenvalue weighted by molar-refractivity contribution is 0.279. The minimum atomic E-state index is 0.457. The van der Waals surface area contributed by atoms with Crippen molar-refractivity contribution >= 4 is 23.1 Å². The minimum absolute atomic E-state index is 0.457. The van der Waals surface area contributed by atoms with Crippen molar-refractivity contribution in [1.82, 2.24) is 14.9 Å². The molecule has 6 nitrogen and oxygen atoms in total. The molecule has 148 valence electrons. The molecule has 0 bridgehead atoms. The second-order valence-electron chi connectivity index (χ2n) is 6.98. The summed E-state index contributed by atoms with van der Waals surface area (Å²) in [6.45, 7) is 9.00. The molecule has 2 N–H and O–H groups in total. The van der Waals surface area contributed by atoms with Gasteiger partial charge in [-0.3, -0.25) is 9.89 Å². The van der Waals surface area contributed by atoms with Crippen LogP contribution in [0.1, 0.15) is 19.4 Å². The van der Waals surface area contributed by atoms with Crippen LogP contribution >= 0.6 is 11.6 Å². The van der Waals surface area contributed by atoms with Gasteiger partial charge in [-0.1, -0.05) is 41.9 Å². The fourth-order valence-corrected chi connectivity index (χ4v) is 3.51. The molecule has 1 aromatic heterocycles. The first kappa shape index (κ1) is 20.3. The van der Waals surface area contributed by atoms with E-state index < -0.39 is 0 Å². The zero-order chi connectivity index (χ0) is 19.9. The van der Waals surface area contributed by atoms with E-state index in [1.165, 1.54) is 5.56 Å². The highest BCUT2D eigenvalue weighted by molar-refractivity contribution is 6.31. The molecule has 1 saturated heterocycles. The number of nitrogens with two attached hydrogens (primary N) is 1. The highest BCUT2D eigenvalue weighted by atomic mass is 35.5. The molecule has 0 atom stereocenters. The first-order chi connectivity index (χ1) is 13.5. The van der Waals surface area contributed by atoms with Crippen LogP contribution in [0.3, 0.4) is 0 Å². The molecule has 28 heavy (non-hydrogen) atoms. The fraction of sp³-hybridized carbons (Fsp3) is 0.381. The van der Waals surface area contributed by atoms with Crippen LogP contribution in [0.2, 0.25) is 5.15 Å². The molecular weight excluding hydrogens is 372 g/mol. The Morgan fingerprint density at radius 2 is 1.75 bits per heavy atom. The summed E-state index contributed by atoms with van der Waals surface area (Å²) in [5.74, 6) is 0.759. The molecule has 1 aliphatic rings. The van der Waals surface area contributed by atoms with Crippen LogP contribution in [-0.4, -0.2) is 53.3 Å². The van der Waals surface area contributed by atoms with Crippen LogP contribution in [0.25, 0.3) is 0 Å². The fourth-order valence-electron chi connectivity index (χ4n) is 3.28. The zero-order valence-corrected chi connectivity index (χ0v) is 17.2. The molecule has 0 amide bonds. The maximum absolute atomic E-state index is 6.19. The molecule has 0 radical (unpaired) electrons. The van der Waals surface area contributed by atoms with Crippen molar-refractivity contribution in [2.24, 2.45) is 10.7 Å². The monoisotopic (exact) mass is 398 g/mol. The van der Waals surface area contributed by atoms with Crippen molar-refractivity contribution in [3.8, 4) is 0 Å². The summed E-state index contributed by atoms with van der Waals surface area (Å²) < 4.78 is 0. The Kier molecular flexibility index (Phi) is 7.01. The molecule has 1 aliphatic heterocycles. The zero-order valence-electron chi connectivity index (χ0n) is 16.5. The summed E-state index contributed by atoms with van der Waals surface area (Å²) >= 11 is 6.18. The summed E-state index contributed by atoms with van der Waals surface area (Å²) in [6.07, 6.45) is 3.29. The van der Waals surface area contributed by atoms with Gasteiger partial charge < -0.3 is 10.6 Å². The predicted octanol–water partition coefficient (Wildman–Crippen LogP) is 3.15. The Morgan fingerprint density at radius 1 is 1.07 bits per heavy atom. The van der Waals surface area contributed by atoms with Crippen molar-refractivity contribution < 1.29 is 0 Å². The van der Waals surface area contributed by atoms with Crippen molar-refractivity contribution in [3.63, 3.8) is 0 Å². The third kappa shape index (κ3) is 5.30. The molecule has 7 heteroatoms. The van der Waals surface area contributed by atoms with Crippen molar-refractivity contribution in [1.29, 1.82) is 0 Å². The molecule has 3 rings (SSSR count). The molecule has 0 unspecified atom stereocenters. The maximum Gasteiger partial charge on any atom is 0.171 e. The van der Waals surface area contributed by atoms with E-state index in [-0.39, 0.29) is 0 Å². The minimum Gasteiger partial charge on any atom is -0.402 e. The number of benzene rings is 1. The van der Waals surface area contributed by atoms with Gasteiger partial charge in [0.1, 0.15) is 0 Å². The summed E-state index contributed by atoms with van der Waals surface area (Å²) in [5.41, 5.74) is 10.3. The number of nitrogens with zero attached hydrogens (tertiary/aromatic N) is 5. The Labute approximate surface area is 171 Å². The number of halogens is 1. The molecule has 0 saturated carbocycles. The van der Waals surface area contributed by atoms with E-state index in [0.29, 0.717) is 11.7 Å². The summed E-state index contributed by atoms with van der Waals surface area (Å²) in [4.78, 5) is 17.8. The van der Waals surface area contributed by atoms with E-state index in [1.807, 2.05) is 32.0 Å². The number of hydrogen-bond donors (Lipinski definition) is 1. The third-order valence-corrected chi connectivity index (χ3v) is 5.21. The van der Waals surface area contributed by atoms with Gasteiger partial charge in [0.15, 0.2) is 11.0 Å². The number of aromatic nitrogens is 2. The van der Waals surface area contributed by atoms with Gasteiger partial charge in [0.2, 0.25) is 0 Å². The quantitative estimate of drug-likeness (QED) is 0.757. The van der Waals surface area contributed by atoms with Crippen LogP contribution in [-0.2, 0) is 6.54 Å². The average Bonchev–Trinajstić information content (AvgIpc) is 2.72. The lowest BCUT2D eigenvalue weighted by Gasteiger charge is -2.36. The van der Waals surface area contributed by atoms with Gasteiger partial charge in [-0.25, -0.2) is 9.97 Å². The topological polar surface area (TPSA) is 70.6 Å². The van der Waals surface area contributed by atoms with Crippen LogP contribution in [0.5, 0.6) is 0 Å². The molecule has 1 fully saturated rings. The van der Waals surface area contributed by atoms with Gasteiger partial charge in [-0.2, -0.15) is 0 Å². The first-order valence-electron chi connectivity index (χ1n) is 9.49. The van der Waals surface area contributed by atoms with Crippen LogP contribution in [0, 0.1) is 0 Å². The van der Waals surface area contributed by atoms with E-state index in [0.717, 1.165) is 55.5 Å². The van der Waals surface area contributed by atoms with Crippen molar-refractivity contribution in [2.75, 3.05) is 37.6 Å². The van der Waals surface area contributed by atoms with Gasteiger partial charge in [-0.15, -0.1) is 0 Å². The number of allylic oxidation sites excluding steroid dienone is 1. The molecule has 0 aliphatic carbocycles. The number of anilines is 1. The van der Waals surface area contributed by atoms with Gasteiger partial charge in [0, 0.05) is 62.1 Å². The predicted molar refractivity (Wildman–Crippen MR) is 116 cm³/mol. The lowest BCUT2D eigenvalue weighted by atomic mass is 10.1. The van der Waals surface area contributed by atoms with Gasteiger partial charge >= 0.3 is 0 Å². The Bertz CT molecular complexity index is 837. The molecule has 1 aromatic carbocycles. The van der Waals surface area contributed by atoms with Gasteiger partial charge in [0.05, 0.1) is 6.54 Å². The Morgan fingerprint density at radius 3 is 2.39 bits per heavy atom. The maximum atomic E-state index is 6.19. The van der Waals surface area contributed by atoms with Crippen LogP contribution in [0.4, 0.5) is 5.82 Å². The molecule has 2 heterocycles. The SMILES string of the molecule is CC(=NCc1ccccc1)C(CN1CCN(c2nccnc2Cl)CC1)=C(C)N. The highest BCUT2D eigenvalue weighted by Crippen LogP contribution is 2.21. The third-order valence-electron chi connectivity index (χ3n) is 4.94. The largest absolute Gasteiger partial charge is 0.402 e.